The summed E-state index contributed by atoms with van der Waals surface area (Å²) in [5.41, 5.74) is 2.16. The summed E-state index contributed by atoms with van der Waals surface area (Å²) in [6.45, 7) is 3.44. The van der Waals surface area contributed by atoms with Crippen molar-refractivity contribution in [1.29, 1.82) is 0 Å². The standard InChI is InChI=1S/C13H15BrN2OS/c1-3-17-10-6-4-9(5-7-10)13-16-11(8-15-2)12(14)18-13/h4-7,15H,3,8H2,1-2H3. The first kappa shape index (κ1) is 13.5. The fourth-order valence-corrected chi connectivity index (χ4v) is 3.10. The Bertz CT molecular complexity index is 510. The summed E-state index contributed by atoms with van der Waals surface area (Å²) in [6, 6.07) is 8.04. The molecule has 1 N–H and O–H groups in total. The molecule has 2 rings (SSSR count). The van der Waals surface area contributed by atoms with E-state index in [-0.39, 0.29) is 0 Å². The topological polar surface area (TPSA) is 34.1 Å². The van der Waals surface area contributed by atoms with E-state index in [4.69, 9.17) is 4.74 Å². The third-order valence-corrected chi connectivity index (χ3v) is 4.28. The lowest BCUT2D eigenvalue weighted by Gasteiger charge is -2.02. The van der Waals surface area contributed by atoms with Gasteiger partial charge in [-0.1, -0.05) is 0 Å². The van der Waals surface area contributed by atoms with Crippen molar-refractivity contribution < 1.29 is 4.74 Å². The van der Waals surface area contributed by atoms with E-state index in [9.17, 15) is 0 Å². The highest BCUT2D eigenvalue weighted by Gasteiger charge is 2.09. The van der Waals surface area contributed by atoms with Gasteiger partial charge in [-0.2, -0.15) is 0 Å². The lowest BCUT2D eigenvalue weighted by Crippen LogP contribution is -2.05. The molecule has 0 unspecified atom stereocenters. The van der Waals surface area contributed by atoms with Crippen LogP contribution >= 0.6 is 27.3 Å². The van der Waals surface area contributed by atoms with Crippen molar-refractivity contribution in [2.24, 2.45) is 0 Å². The quantitative estimate of drug-likeness (QED) is 0.909. The monoisotopic (exact) mass is 326 g/mol. The van der Waals surface area contributed by atoms with Gasteiger partial charge in [0.25, 0.3) is 0 Å². The molecule has 0 radical (unpaired) electrons. The summed E-state index contributed by atoms with van der Waals surface area (Å²) >= 11 is 5.20. The third kappa shape index (κ3) is 3.10. The number of aromatic nitrogens is 1. The van der Waals surface area contributed by atoms with Crippen LogP contribution in [0, 0.1) is 0 Å². The Balaban J connectivity index is 2.22. The first-order chi connectivity index (χ1) is 8.74. The van der Waals surface area contributed by atoms with Gasteiger partial charge in [-0.15, -0.1) is 11.3 Å². The van der Waals surface area contributed by atoms with Gasteiger partial charge < -0.3 is 10.1 Å². The lowest BCUT2D eigenvalue weighted by molar-refractivity contribution is 0.340. The van der Waals surface area contributed by atoms with Crippen molar-refractivity contribution in [2.75, 3.05) is 13.7 Å². The predicted octanol–water partition coefficient (Wildman–Crippen LogP) is 3.69. The maximum absolute atomic E-state index is 5.43. The Labute approximate surface area is 119 Å². The second-order valence-corrected chi connectivity index (χ2v) is 6.04. The van der Waals surface area contributed by atoms with E-state index in [0.29, 0.717) is 6.61 Å². The molecule has 0 aliphatic rings. The van der Waals surface area contributed by atoms with E-state index in [1.807, 2.05) is 38.2 Å². The molecular formula is C13H15BrN2OS. The van der Waals surface area contributed by atoms with Gasteiger partial charge in [0.2, 0.25) is 0 Å². The smallest absolute Gasteiger partial charge is 0.124 e. The Morgan fingerprint density at radius 2 is 2.06 bits per heavy atom. The van der Waals surface area contributed by atoms with Crippen LogP contribution in [0.1, 0.15) is 12.6 Å². The molecule has 0 saturated carbocycles. The molecule has 0 atom stereocenters. The molecule has 0 aliphatic carbocycles. The van der Waals surface area contributed by atoms with Crippen molar-refractivity contribution in [1.82, 2.24) is 10.3 Å². The number of hydrogen-bond acceptors (Lipinski definition) is 4. The van der Waals surface area contributed by atoms with Gasteiger partial charge in [-0.05, 0) is 54.2 Å². The van der Waals surface area contributed by atoms with Crippen molar-refractivity contribution in [3.05, 3.63) is 33.7 Å². The molecule has 5 heteroatoms. The molecule has 0 bridgehead atoms. The zero-order chi connectivity index (χ0) is 13.0. The molecule has 3 nitrogen and oxygen atoms in total. The molecule has 1 heterocycles. The van der Waals surface area contributed by atoms with E-state index in [2.05, 4.69) is 26.2 Å². The van der Waals surface area contributed by atoms with Gasteiger partial charge in [0.15, 0.2) is 0 Å². The Morgan fingerprint density at radius 3 is 2.67 bits per heavy atom. The number of ether oxygens (including phenoxy) is 1. The minimum atomic E-state index is 0.689. The Hall–Kier alpha value is -0.910. The van der Waals surface area contributed by atoms with E-state index < -0.39 is 0 Å². The van der Waals surface area contributed by atoms with Crippen LogP contribution in [-0.2, 0) is 6.54 Å². The SMILES string of the molecule is CCOc1ccc(-c2nc(CNC)c(Br)s2)cc1. The Morgan fingerprint density at radius 1 is 1.33 bits per heavy atom. The van der Waals surface area contributed by atoms with Crippen molar-refractivity contribution in [2.45, 2.75) is 13.5 Å². The number of hydrogen-bond donors (Lipinski definition) is 1. The Kier molecular flexibility index (Phi) is 4.74. The third-order valence-electron chi connectivity index (χ3n) is 2.41. The van der Waals surface area contributed by atoms with E-state index in [0.717, 1.165) is 32.3 Å². The van der Waals surface area contributed by atoms with Crippen LogP contribution in [0.3, 0.4) is 0 Å². The van der Waals surface area contributed by atoms with Crippen LogP contribution in [0.25, 0.3) is 10.6 Å². The highest BCUT2D eigenvalue weighted by molar-refractivity contribution is 9.11. The number of benzene rings is 1. The zero-order valence-corrected chi connectivity index (χ0v) is 12.8. The number of halogens is 1. The van der Waals surface area contributed by atoms with E-state index in [1.165, 1.54) is 0 Å². The summed E-state index contributed by atoms with van der Waals surface area (Å²) in [6.07, 6.45) is 0. The summed E-state index contributed by atoms with van der Waals surface area (Å²) in [5, 5.41) is 4.13. The fraction of sp³-hybridized carbons (Fsp3) is 0.308. The first-order valence-corrected chi connectivity index (χ1v) is 7.38. The van der Waals surface area contributed by atoms with Crippen LogP contribution < -0.4 is 10.1 Å². The number of thiazole rings is 1. The van der Waals surface area contributed by atoms with Gasteiger partial charge in [-0.3, -0.25) is 0 Å². The van der Waals surface area contributed by atoms with Crippen LogP contribution in [0.4, 0.5) is 0 Å². The molecular weight excluding hydrogens is 312 g/mol. The number of rotatable bonds is 5. The maximum atomic E-state index is 5.43. The maximum Gasteiger partial charge on any atom is 0.124 e. The molecule has 0 aliphatic heterocycles. The van der Waals surface area contributed by atoms with Crippen molar-refractivity contribution in [3.8, 4) is 16.3 Å². The van der Waals surface area contributed by atoms with Crippen molar-refractivity contribution >= 4 is 27.3 Å². The lowest BCUT2D eigenvalue weighted by atomic mass is 10.2. The minimum Gasteiger partial charge on any atom is -0.494 e. The number of nitrogens with one attached hydrogen (secondary N) is 1. The molecule has 0 saturated heterocycles. The van der Waals surface area contributed by atoms with Crippen LogP contribution in [0.5, 0.6) is 5.75 Å². The summed E-state index contributed by atoms with van der Waals surface area (Å²) < 4.78 is 6.51. The summed E-state index contributed by atoms with van der Waals surface area (Å²) in [5.74, 6) is 0.896. The minimum absolute atomic E-state index is 0.689. The van der Waals surface area contributed by atoms with Gasteiger partial charge >= 0.3 is 0 Å². The predicted molar refractivity (Wildman–Crippen MR) is 79.2 cm³/mol. The van der Waals surface area contributed by atoms with Gasteiger partial charge in [0.1, 0.15) is 10.8 Å². The number of nitrogens with zero attached hydrogens (tertiary/aromatic N) is 1. The molecule has 0 amide bonds. The highest BCUT2D eigenvalue weighted by Crippen LogP contribution is 2.32. The van der Waals surface area contributed by atoms with Gasteiger partial charge in [0.05, 0.1) is 16.1 Å². The average molecular weight is 327 g/mol. The summed E-state index contributed by atoms with van der Waals surface area (Å²) in [7, 11) is 1.92. The molecule has 0 spiro atoms. The molecule has 0 fully saturated rings. The van der Waals surface area contributed by atoms with Crippen LogP contribution in [-0.4, -0.2) is 18.6 Å². The highest BCUT2D eigenvalue weighted by atomic mass is 79.9. The van der Waals surface area contributed by atoms with Crippen LogP contribution in [0.15, 0.2) is 28.1 Å². The van der Waals surface area contributed by atoms with Gasteiger partial charge in [0, 0.05) is 12.1 Å². The van der Waals surface area contributed by atoms with Gasteiger partial charge in [-0.25, -0.2) is 4.98 Å². The molecule has 96 valence electrons. The van der Waals surface area contributed by atoms with E-state index in [1.54, 1.807) is 11.3 Å². The average Bonchev–Trinajstić information content (AvgIpc) is 2.73. The largest absolute Gasteiger partial charge is 0.494 e. The molecule has 18 heavy (non-hydrogen) atoms. The second kappa shape index (κ2) is 6.31. The van der Waals surface area contributed by atoms with E-state index >= 15 is 0 Å². The first-order valence-electron chi connectivity index (χ1n) is 5.77. The summed E-state index contributed by atoms with van der Waals surface area (Å²) in [4.78, 5) is 4.61. The molecule has 2 aromatic rings. The fourth-order valence-electron chi connectivity index (χ4n) is 1.59. The van der Waals surface area contributed by atoms with Crippen molar-refractivity contribution in [3.63, 3.8) is 0 Å². The molecule has 1 aromatic heterocycles. The zero-order valence-electron chi connectivity index (χ0n) is 10.4. The normalized spacial score (nSPS) is 10.6. The molecule has 1 aromatic carbocycles. The second-order valence-electron chi connectivity index (χ2n) is 3.73. The van der Waals surface area contributed by atoms with Crippen LogP contribution in [0.2, 0.25) is 0 Å².